The molecule has 0 spiro atoms. The molecule has 0 bridgehead atoms. The van der Waals surface area contributed by atoms with E-state index in [-0.39, 0.29) is 11.5 Å². The molecule has 0 radical (unpaired) electrons. The van der Waals surface area contributed by atoms with Crippen molar-refractivity contribution in [3.05, 3.63) is 28.8 Å². The Hall–Kier alpha value is -1.06. The number of benzene rings is 1. The van der Waals surface area contributed by atoms with Gasteiger partial charge < -0.3 is 16.2 Å². The Kier molecular flexibility index (Phi) is 3.64. The number of hydrogen-bond donors (Lipinski definition) is 2. The lowest BCUT2D eigenvalue weighted by atomic mass is 9.62. The molecule has 3 heteroatoms. The first-order valence-electron chi connectivity index (χ1n) is 6.65. The van der Waals surface area contributed by atoms with Crippen LogP contribution < -0.4 is 16.2 Å². The summed E-state index contributed by atoms with van der Waals surface area (Å²) in [6.45, 7) is 4.84. The summed E-state index contributed by atoms with van der Waals surface area (Å²) in [5.74, 6) is 0.929. The molecule has 1 atom stereocenters. The Morgan fingerprint density at radius 2 is 1.94 bits per heavy atom. The van der Waals surface area contributed by atoms with E-state index < -0.39 is 0 Å². The molecular weight excluding hydrogens is 224 g/mol. The monoisotopic (exact) mass is 248 g/mol. The second kappa shape index (κ2) is 4.90. The summed E-state index contributed by atoms with van der Waals surface area (Å²) in [6, 6.07) is 4.28. The zero-order chi connectivity index (χ0) is 13.3. The zero-order valence-corrected chi connectivity index (χ0v) is 11.6. The first kappa shape index (κ1) is 13.4. The molecule has 0 saturated heterocycles. The van der Waals surface area contributed by atoms with Gasteiger partial charge in [0.25, 0.3) is 0 Å². The summed E-state index contributed by atoms with van der Waals surface area (Å²) in [5.41, 5.74) is 16.1. The summed E-state index contributed by atoms with van der Waals surface area (Å²) in [4.78, 5) is 0. The summed E-state index contributed by atoms with van der Waals surface area (Å²) in [5, 5.41) is 0. The van der Waals surface area contributed by atoms with E-state index in [4.69, 9.17) is 16.2 Å². The van der Waals surface area contributed by atoms with Crippen molar-refractivity contribution in [2.75, 3.05) is 13.7 Å². The average molecular weight is 248 g/mol. The highest BCUT2D eigenvalue weighted by molar-refractivity contribution is 5.43. The summed E-state index contributed by atoms with van der Waals surface area (Å²) >= 11 is 0. The van der Waals surface area contributed by atoms with Gasteiger partial charge in [-0.25, -0.2) is 0 Å². The van der Waals surface area contributed by atoms with Crippen molar-refractivity contribution in [3.63, 3.8) is 0 Å². The summed E-state index contributed by atoms with van der Waals surface area (Å²) in [6.07, 6.45) is 3.55. The fraction of sp³-hybridized carbons (Fsp3) is 0.600. The van der Waals surface area contributed by atoms with Crippen molar-refractivity contribution in [3.8, 4) is 5.75 Å². The minimum Gasteiger partial charge on any atom is -0.496 e. The normalized spacial score (nSPS) is 19.2. The van der Waals surface area contributed by atoms with Crippen LogP contribution in [0.15, 0.2) is 12.1 Å². The highest BCUT2D eigenvalue weighted by Gasteiger charge is 2.42. The van der Waals surface area contributed by atoms with Crippen molar-refractivity contribution in [1.29, 1.82) is 0 Å². The van der Waals surface area contributed by atoms with Crippen LogP contribution in [0.3, 0.4) is 0 Å². The topological polar surface area (TPSA) is 61.3 Å². The van der Waals surface area contributed by atoms with Gasteiger partial charge in [0.15, 0.2) is 0 Å². The number of nitrogens with two attached hydrogens (primary N) is 2. The first-order chi connectivity index (χ1) is 8.54. The molecule has 18 heavy (non-hydrogen) atoms. The van der Waals surface area contributed by atoms with Crippen LogP contribution in [-0.2, 0) is 0 Å². The third kappa shape index (κ3) is 2.02. The molecule has 4 N–H and O–H groups in total. The molecule has 1 saturated carbocycles. The Bertz CT molecular complexity index is 433. The third-order valence-electron chi connectivity index (χ3n) is 4.53. The van der Waals surface area contributed by atoms with Gasteiger partial charge in [0, 0.05) is 11.5 Å². The lowest BCUT2D eigenvalue weighted by Crippen LogP contribution is -2.46. The van der Waals surface area contributed by atoms with Crippen molar-refractivity contribution in [2.45, 2.75) is 39.2 Å². The molecule has 0 amide bonds. The number of aryl methyl sites for hydroxylation is 2. The van der Waals surface area contributed by atoms with Gasteiger partial charge in [-0.1, -0.05) is 12.5 Å². The Balaban J connectivity index is 2.36. The lowest BCUT2D eigenvalue weighted by molar-refractivity contribution is 0.104. The molecule has 1 aromatic carbocycles. The van der Waals surface area contributed by atoms with Gasteiger partial charge in [-0.15, -0.1) is 0 Å². The predicted molar refractivity (Wildman–Crippen MR) is 74.7 cm³/mol. The van der Waals surface area contributed by atoms with E-state index in [1.54, 1.807) is 7.11 Å². The minimum absolute atomic E-state index is 0.0425. The Morgan fingerprint density at radius 3 is 2.39 bits per heavy atom. The van der Waals surface area contributed by atoms with Crippen LogP contribution >= 0.6 is 0 Å². The van der Waals surface area contributed by atoms with Gasteiger partial charge in [0.2, 0.25) is 0 Å². The fourth-order valence-corrected chi connectivity index (χ4v) is 2.97. The fourth-order valence-electron chi connectivity index (χ4n) is 2.97. The average Bonchev–Trinajstić information content (AvgIpc) is 2.30. The summed E-state index contributed by atoms with van der Waals surface area (Å²) in [7, 11) is 1.70. The first-order valence-corrected chi connectivity index (χ1v) is 6.65. The highest BCUT2D eigenvalue weighted by atomic mass is 16.5. The second-order valence-electron chi connectivity index (χ2n) is 5.58. The van der Waals surface area contributed by atoms with E-state index in [9.17, 15) is 0 Å². The largest absolute Gasteiger partial charge is 0.496 e. The van der Waals surface area contributed by atoms with Gasteiger partial charge in [-0.05, 0) is 56.0 Å². The maximum Gasteiger partial charge on any atom is 0.122 e. The van der Waals surface area contributed by atoms with Crippen molar-refractivity contribution in [1.82, 2.24) is 0 Å². The van der Waals surface area contributed by atoms with Crippen molar-refractivity contribution < 1.29 is 4.74 Å². The van der Waals surface area contributed by atoms with Crippen LogP contribution in [0.4, 0.5) is 0 Å². The number of hydrogen-bond acceptors (Lipinski definition) is 3. The number of ether oxygens (including phenoxy) is 1. The Morgan fingerprint density at radius 1 is 1.28 bits per heavy atom. The quantitative estimate of drug-likeness (QED) is 0.860. The molecule has 2 rings (SSSR count). The van der Waals surface area contributed by atoms with Gasteiger partial charge in [-0.2, -0.15) is 0 Å². The van der Waals surface area contributed by atoms with Crippen LogP contribution in [0.25, 0.3) is 0 Å². The van der Waals surface area contributed by atoms with Gasteiger partial charge >= 0.3 is 0 Å². The standard InChI is InChI=1S/C15H24N2O/c1-10-8-13(18-3)11(2)7-12(10)14(17)15(9-16)5-4-6-15/h7-8,14H,4-6,9,16-17H2,1-3H3. The molecule has 1 unspecified atom stereocenters. The molecule has 0 aromatic heterocycles. The van der Waals surface area contributed by atoms with Crippen LogP contribution in [0.5, 0.6) is 5.75 Å². The molecule has 3 nitrogen and oxygen atoms in total. The number of methoxy groups -OCH3 is 1. The predicted octanol–water partition coefficient (Wildman–Crippen LogP) is 2.44. The van der Waals surface area contributed by atoms with Gasteiger partial charge in [-0.3, -0.25) is 0 Å². The van der Waals surface area contributed by atoms with E-state index in [1.165, 1.54) is 17.5 Å². The van der Waals surface area contributed by atoms with Gasteiger partial charge in [0.1, 0.15) is 5.75 Å². The van der Waals surface area contributed by atoms with E-state index in [0.29, 0.717) is 6.54 Å². The zero-order valence-electron chi connectivity index (χ0n) is 11.6. The van der Waals surface area contributed by atoms with E-state index in [2.05, 4.69) is 26.0 Å². The van der Waals surface area contributed by atoms with Gasteiger partial charge in [0.05, 0.1) is 7.11 Å². The van der Waals surface area contributed by atoms with Crippen LogP contribution in [0.2, 0.25) is 0 Å². The van der Waals surface area contributed by atoms with E-state index in [1.807, 2.05) is 0 Å². The smallest absolute Gasteiger partial charge is 0.122 e. The van der Waals surface area contributed by atoms with Crippen molar-refractivity contribution in [2.24, 2.45) is 16.9 Å². The van der Waals surface area contributed by atoms with Crippen LogP contribution in [0.1, 0.15) is 42.0 Å². The number of rotatable bonds is 4. The molecule has 0 aliphatic heterocycles. The van der Waals surface area contributed by atoms with E-state index in [0.717, 1.165) is 24.2 Å². The van der Waals surface area contributed by atoms with Crippen molar-refractivity contribution >= 4 is 0 Å². The van der Waals surface area contributed by atoms with Crippen LogP contribution in [0, 0.1) is 19.3 Å². The molecule has 1 fully saturated rings. The maximum absolute atomic E-state index is 6.49. The third-order valence-corrected chi connectivity index (χ3v) is 4.53. The molecule has 100 valence electrons. The highest BCUT2D eigenvalue weighted by Crippen LogP contribution is 2.49. The SMILES string of the molecule is COc1cc(C)c(C(N)C2(CN)CCC2)cc1C. The molecule has 1 aliphatic carbocycles. The second-order valence-corrected chi connectivity index (χ2v) is 5.58. The molecular formula is C15H24N2O. The minimum atomic E-state index is 0.0425. The molecule has 0 heterocycles. The molecule has 1 aliphatic rings. The van der Waals surface area contributed by atoms with Crippen LogP contribution in [-0.4, -0.2) is 13.7 Å². The summed E-state index contributed by atoms with van der Waals surface area (Å²) < 4.78 is 5.35. The Labute approximate surface area is 110 Å². The van der Waals surface area contributed by atoms with E-state index >= 15 is 0 Å². The maximum atomic E-state index is 6.49. The molecule has 1 aromatic rings. The lowest BCUT2D eigenvalue weighted by Gasteiger charge is -2.46.